The van der Waals surface area contributed by atoms with E-state index in [1.54, 1.807) is 0 Å². The molecular weight excluding hydrogens is 331 g/mol. The second kappa shape index (κ2) is 21.0. The first-order chi connectivity index (χ1) is 9.45. The van der Waals surface area contributed by atoms with Crippen molar-refractivity contribution in [2.45, 2.75) is 65.2 Å². The fourth-order valence-electron chi connectivity index (χ4n) is 1.76. The molecule has 0 spiro atoms. The van der Waals surface area contributed by atoms with Crippen molar-refractivity contribution in [1.29, 1.82) is 0 Å². The van der Waals surface area contributed by atoms with Gasteiger partial charge in [0.25, 0.3) is 10.3 Å². The molecule has 4 nitrogen and oxygen atoms in total. The predicted molar refractivity (Wildman–Crippen MR) is 102 cm³/mol. The second-order valence-corrected chi connectivity index (χ2v) is 5.51. The summed E-state index contributed by atoms with van der Waals surface area (Å²) in [5.41, 5.74) is 4.40. The third kappa shape index (κ3) is 26.2. The molecule has 0 rings (SSSR count). The first-order valence-corrected chi connectivity index (χ1v) is 8.23. The maximum absolute atomic E-state index is 9.38. The Morgan fingerprint density at radius 3 is 1.43 bits per heavy atom. The van der Waals surface area contributed by atoms with Gasteiger partial charge in [-0.3, -0.25) is 0 Å². The van der Waals surface area contributed by atoms with Gasteiger partial charge < -0.3 is 20.8 Å². The van der Waals surface area contributed by atoms with Crippen LogP contribution in [-0.4, -0.2) is 89.9 Å². The minimum atomic E-state index is -0.500. The van der Waals surface area contributed by atoms with E-state index in [4.69, 9.17) is 17.3 Å². The van der Waals surface area contributed by atoms with Crippen LogP contribution in [0.25, 0.3) is 0 Å². The summed E-state index contributed by atoms with van der Waals surface area (Å²) in [5.74, 6) is 0. The van der Waals surface area contributed by atoms with Crippen molar-refractivity contribution in [2.24, 2.45) is 5.73 Å². The van der Waals surface area contributed by atoms with Gasteiger partial charge in [-0.1, -0.05) is 52.4 Å². The van der Waals surface area contributed by atoms with E-state index < -0.39 is 5.17 Å². The Bertz CT molecular complexity index is 241. The Morgan fingerprint density at radius 1 is 0.857 bits per heavy atom. The quantitative estimate of drug-likeness (QED) is 0.314. The molecule has 0 saturated heterocycles. The molecule has 4 N–H and O–H groups in total. The van der Waals surface area contributed by atoms with E-state index in [1.807, 2.05) is 4.90 Å². The number of hydrogen-bond donors (Lipinski definition) is 3. The van der Waals surface area contributed by atoms with E-state index in [-0.39, 0.29) is 56.6 Å². The van der Waals surface area contributed by atoms with Crippen molar-refractivity contribution in [3.8, 4) is 0 Å². The Hall–Kier alpha value is 1.02. The van der Waals surface area contributed by atoms with Crippen molar-refractivity contribution in [3.05, 3.63) is 0 Å². The molecule has 0 fully saturated rings. The van der Waals surface area contributed by atoms with Gasteiger partial charge in [0.2, 0.25) is 0 Å². The molecule has 0 saturated carbocycles. The number of nitrogens with two attached hydrogens (primary N) is 1. The van der Waals surface area contributed by atoms with Gasteiger partial charge in [0.05, 0.1) is 0 Å². The number of nitrogens with zero attached hydrogens (tertiary/aromatic N) is 1. The summed E-state index contributed by atoms with van der Waals surface area (Å²) in [5, 5.41) is 16.5. The third-order valence-electron chi connectivity index (χ3n) is 2.83. The Balaban J connectivity index is -0.000000572. The zero-order valence-electron chi connectivity index (χ0n) is 12.8. The van der Waals surface area contributed by atoms with Crippen LogP contribution in [0.2, 0.25) is 0 Å². The molecule has 0 aromatic rings. The van der Waals surface area contributed by atoms with Crippen LogP contribution in [0.1, 0.15) is 65.2 Å². The normalized spacial score (nSPS) is 9.05. The second-order valence-electron chi connectivity index (χ2n) is 4.73. The van der Waals surface area contributed by atoms with Crippen molar-refractivity contribution in [3.63, 3.8) is 0 Å². The van der Waals surface area contributed by atoms with E-state index in [2.05, 4.69) is 31.8 Å². The van der Waals surface area contributed by atoms with Crippen molar-refractivity contribution < 1.29 is 10.2 Å². The van der Waals surface area contributed by atoms with Gasteiger partial charge in [-0.25, -0.2) is 0 Å². The van der Waals surface area contributed by atoms with Crippen molar-refractivity contribution in [1.82, 2.24) is 4.90 Å². The summed E-state index contributed by atoms with van der Waals surface area (Å²) in [6, 6.07) is 0. The molecule has 122 valence electrons. The summed E-state index contributed by atoms with van der Waals surface area (Å²) in [6.07, 6.45) is 9.82. The van der Waals surface area contributed by atoms with Crippen LogP contribution in [0.4, 0.5) is 0 Å². The number of aliphatic hydroxyl groups is 2. The molecule has 7 heteroatoms. The Morgan fingerprint density at radius 2 is 1.19 bits per heavy atom. The average Bonchev–Trinajstić information content (AvgIpc) is 2.36. The molecule has 0 bridgehead atoms. The predicted octanol–water partition coefficient (Wildman–Crippen LogP) is 3.43. The van der Waals surface area contributed by atoms with Gasteiger partial charge in [-0.15, -0.1) is 0 Å². The fraction of sp³-hybridized carbons (Fsp3) is 0.857. The van der Waals surface area contributed by atoms with E-state index >= 15 is 0 Å². The van der Waals surface area contributed by atoms with Gasteiger partial charge in [0, 0.05) is 13.1 Å². The molecule has 0 aliphatic rings. The third-order valence-corrected chi connectivity index (χ3v) is 3.09. The fourth-order valence-corrected chi connectivity index (χ4v) is 1.94. The first kappa shape index (κ1) is 26.9. The molecule has 0 aliphatic heterocycles. The SMILES string of the molecule is CCCCCCN(CCCCCC)C(O)=S.NC(O)=S.[KH]. The summed E-state index contributed by atoms with van der Waals surface area (Å²) in [7, 11) is 0. The molecule has 0 aromatic heterocycles. The van der Waals surface area contributed by atoms with E-state index in [0.29, 0.717) is 0 Å². The topological polar surface area (TPSA) is 69.7 Å². The summed E-state index contributed by atoms with van der Waals surface area (Å²) < 4.78 is 0. The van der Waals surface area contributed by atoms with Crippen molar-refractivity contribution in [2.75, 3.05) is 13.1 Å². The molecule has 0 heterocycles. The Kier molecular flexibility index (Phi) is 26.9. The monoisotopic (exact) mass is 362 g/mol. The zero-order chi connectivity index (χ0) is 15.8. The molecule has 0 amide bonds. The van der Waals surface area contributed by atoms with Crippen LogP contribution in [0.5, 0.6) is 0 Å². The van der Waals surface area contributed by atoms with Gasteiger partial charge in [0.15, 0.2) is 0 Å². The maximum atomic E-state index is 9.38. The molecule has 0 aliphatic carbocycles. The molecule has 21 heavy (non-hydrogen) atoms. The standard InChI is InChI=1S/C13H27NOS.CH3NOS.K.H/c1-3-5-7-9-11-14(13(15)16)12-10-8-6-4-2;2-1(3)4;;/h3-12H2,1-2H3,(H,15,16);(H3,2,3,4);;. The average molecular weight is 363 g/mol. The minimum absolute atomic E-state index is 0. The van der Waals surface area contributed by atoms with E-state index in [1.165, 1.54) is 38.5 Å². The van der Waals surface area contributed by atoms with Gasteiger partial charge in [0.1, 0.15) is 0 Å². The van der Waals surface area contributed by atoms with Crippen LogP contribution in [-0.2, 0) is 0 Å². The van der Waals surface area contributed by atoms with Crippen LogP contribution < -0.4 is 5.73 Å². The molecule has 0 radical (unpaired) electrons. The molecular formula is C14H31KN2O2S2. The number of thiocarbonyl (C=S) groups is 2. The van der Waals surface area contributed by atoms with E-state index in [0.717, 1.165) is 25.9 Å². The number of aliphatic hydroxyl groups excluding tert-OH is 2. The first-order valence-electron chi connectivity index (χ1n) is 7.41. The van der Waals surface area contributed by atoms with Crippen molar-refractivity contribution >= 4 is 86.2 Å². The zero-order valence-corrected chi connectivity index (χ0v) is 14.4. The van der Waals surface area contributed by atoms with Gasteiger partial charge in [-0.05, 0) is 37.3 Å². The number of hydrogen-bond acceptors (Lipinski definition) is 2. The summed E-state index contributed by atoms with van der Waals surface area (Å²) in [6.45, 7) is 6.25. The number of unbranched alkanes of at least 4 members (excludes halogenated alkanes) is 6. The molecule has 0 unspecified atom stereocenters. The molecule has 0 aromatic carbocycles. The van der Waals surface area contributed by atoms with E-state index in [9.17, 15) is 5.11 Å². The number of rotatable bonds is 10. The Labute approximate surface area is 183 Å². The van der Waals surface area contributed by atoms with Crippen LogP contribution >= 0.6 is 24.4 Å². The van der Waals surface area contributed by atoms with Crippen LogP contribution in [0, 0.1) is 0 Å². The van der Waals surface area contributed by atoms with Crippen LogP contribution in [0.3, 0.4) is 0 Å². The van der Waals surface area contributed by atoms with Gasteiger partial charge in [-0.2, -0.15) is 0 Å². The summed E-state index contributed by atoms with van der Waals surface area (Å²) in [4.78, 5) is 1.95. The van der Waals surface area contributed by atoms with Gasteiger partial charge >= 0.3 is 51.4 Å². The molecule has 0 atom stereocenters. The summed E-state index contributed by atoms with van der Waals surface area (Å²) >= 11 is 8.72. The van der Waals surface area contributed by atoms with Crippen LogP contribution in [0.15, 0.2) is 0 Å².